The molecule has 2 aromatic carbocycles. The summed E-state index contributed by atoms with van der Waals surface area (Å²) in [5.74, 6) is 1.54. The van der Waals surface area contributed by atoms with Crippen LogP contribution in [0.2, 0.25) is 0 Å². The summed E-state index contributed by atoms with van der Waals surface area (Å²) in [5, 5.41) is 2.62. The third kappa shape index (κ3) is 5.14. The van der Waals surface area contributed by atoms with E-state index in [1.165, 1.54) is 17.4 Å². The maximum Gasteiger partial charge on any atom is 0.331 e. The maximum atomic E-state index is 12.0. The molecule has 3 aromatic rings. The smallest absolute Gasteiger partial charge is 0.331 e. The molecule has 1 heterocycles. The summed E-state index contributed by atoms with van der Waals surface area (Å²) in [6, 6.07) is 13.0. The summed E-state index contributed by atoms with van der Waals surface area (Å²) in [5.41, 5.74) is 2.34. The van der Waals surface area contributed by atoms with Crippen molar-refractivity contribution in [2.24, 2.45) is 0 Å². The largest absolute Gasteiger partial charge is 0.497 e. The van der Waals surface area contributed by atoms with Crippen molar-refractivity contribution in [1.29, 1.82) is 0 Å². The van der Waals surface area contributed by atoms with Crippen molar-refractivity contribution in [3.63, 3.8) is 0 Å². The average molecular weight is 411 g/mol. The zero-order valence-corrected chi connectivity index (χ0v) is 17.2. The van der Waals surface area contributed by atoms with Crippen LogP contribution in [0.15, 0.2) is 53.9 Å². The van der Waals surface area contributed by atoms with E-state index in [0.29, 0.717) is 17.2 Å². The number of hydrogen-bond acceptors (Lipinski definition) is 7. The molecule has 0 aliphatic rings. The molecule has 0 atom stereocenters. The molecule has 0 amide bonds. The SMILES string of the molecule is COc1cccc(/C=C/C(=O)OCc2csc(-c3cccc(OC)c3OC)n2)c1. The van der Waals surface area contributed by atoms with Crippen molar-refractivity contribution in [2.75, 3.05) is 21.3 Å². The Labute approximate surface area is 173 Å². The topological polar surface area (TPSA) is 66.9 Å². The van der Waals surface area contributed by atoms with Crippen LogP contribution in [0.1, 0.15) is 11.3 Å². The lowest BCUT2D eigenvalue weighted by molar-refractivity contribution is -0.139. The number of hydrogen-bond donors (Lipinski definition) is 0. The van der Waals surface area contributed by atoms with Crippen LogP contribution in [0, 0.1) is 0 Å². The Hall–Kier alpha value is -3.32. The van der Waals surface area contributed by atoms with Gasteiger partial charge in [-0.05, 0) is 35.9 Å². The molecule has 0 N–H and O–H groups in total. The average Bonchev–Trinajstić information content (AvgIpc) is 3.24. The van der Waals surface area contributed by atoms with Gasteiger partial charge in [0.1, 0.15) is 17.4 Å². The normalized spacial score (nSPS) is 10.7. The Kier molecular flexibility index (Phi) is 6.86. The summed E-state index contributed by atoms with van der Waals surface area (Å²) >= 11 is 1.45. The highest BCUT2D eigenvalue weighted by atomic mass is 32.1. The fourth-order valence-electron chi connectivity index (χ4n) is 2.66. The predicted molar refractivity (Wildman–Crippen MR) is 112 cm³/mol. The van der Waals surface area contributed by atoms with Crippen LogP contribution in [-0.2, 0) is 16.1 Å². The molecule has 6 nitrogen and oxygen atoms in total. The number of thiazole rings is 1. The quantitative estimate of drug-likeness (QED) is 0.399. The molecule has 1 aromatic heterocycles. The van der Waals surface area contributed by atoms with Crippen molar-refractivity contribution in [3.8, 4) is 27.8 Å². The second-order valence-electron chi connectivity index (χ2n) is 5.90. The molecule has 0 saturated heterocycles. The monoisotopic (exact) mass is 411 g/mol. The minimum atomic E-state index is -0.443. The molecular formula is C22H21NO5S. The highest BCUT2D eigenvalue weighted by Crippen LogP contribution is 2.39. The Morgan fingerprint density at radius 1 is 1.07 bits per heavy atom. The van der Waals surface area contributed by atoms with Gasteiger partial charge in [0.25, 0.3) is 0 Å². The summed E-state index contributed by atoms with van der Waals surface area (Å²) in [4.78, 5) is 16.5. The van der Waals surface area contributed by atoms with E-state index in [9.17, 15) is 4.79 Å². The van der Waals surface area contributed by atoms with Crippen LogP contribution >= 0.6 is 11.3 Å². The number of rotatable bonds is 8. The van der Waals surface area contributed by atoms with E-state index in [2.05, 4.69) is 4.98 Å². The van der Waals surface area contributed by atoms with Crippen LogP contribution < -0.4 is 14.2 Å². The zero-order valence-electron chi connectivity index (χ0n) is 16.4. The zero-order chi connectivity index (χ0) is 20.6. The summed E-state index contributed by atoms with van der Waals surface area (Å²) in [6.45, 7) is 0.0874. The van der Waals surface area contributed by atoms with E-state index in [4.69, 9.17) is 18.9 Å². The van der Waals surface area contributed by atoms with Crippen LogP contribution in [0.4, 0.5) is 0 Å². The van der Waals surface area contributed by atoms with Crippen LogP contribution in [0.25, 0.3) is 16.6 Å². The van der Waals surface area contributed by atoms with Gasteiger partial charge in [0, 0.05) is 11.5 Å². The lowest BCUT2D eigenvalue weighted by Gasteiger charge is -2.10. The molecule has 29 heavy (non-hydrogen) atoms. The number of esters is 1. The fraction of sp³-hybridized carbons (Fsp3) is 0.182. The third-order valence-electron chi connectivity index (χ3n) is 4.05. The number of carbonyl (C=O) groups is 1. The first-order valence-corrected chi connectivity index (χ1v) is 9.67. The summed E-state index contributed by atoms with van der Waals surface area (Å²) < 4.78 is 21.2. The van der Waals surface area contributed by atoms with Gasteiger partial charge in [-0.15, -0.1) is 11.3 Å². The number of ether oxygens (including phenoxy) is 4. The van der Waals surface area contributed by atoms with Crippen molar-refractivity contribution >= 4 is 23.4 Å². The molecule has 0 radical (unpaired) electrons. The number of aromatic nitrogens is 1. The lowest BCUT2D eigenvalue weighted by Crippen LogP contribution is -2.01. The van der Waals surface area contributed by atoms with E-state index < -0.39 is 5.97 Å². The van der Waals surface area contributed by atoms with Gasteiger partial charge >= 0.3 is 5.97 Å². The van der Waals surface area contributed by atoms with E-state index in [1.54, 1.807) is 27.4 Å². The highest BCUT2D eigenvalue weighted by Gasteiger charge is 2.15. The molecule has 0 spiro atoms. The van der Waals surface area contributed by atoms with E-state index >= 15 is 0 Å². The highest BCUT2D eigenvalue weighted by molar-refractivity contribution is 7.13. The van der Waals surface area contributed by atoms with E-state index in [1.807, 2.05) is 47.8 Å². The van der Waals surface area contributed by atoms with Gasteiger partial charge in [-0.1, -0.05) is 18.2 Å². The molecule has 3 rings (SSSR count). The molecular weight excluding hydrogens is 390 g/mol. The van der Waals surface area contributed by atoms with Gasteiger partial charge in [0.2, 0.25) is 0 Å². The standard InChI is InChI=1S/C22H21NO5S/c1-25-17-7-4-6-15(12-17)10-11-20(24)28-13-16-14-29-22(23-16)18-8-5-9-19(26-2)21(18)27-3/h4-12,14H,13H2,1-3H3/b11-10+. The molecule has 7 heteroatoms. The van der Waals surface area contributed by atoms with Crippen LogP contribution in [0.3, 0.4) is 0 Å². The number of para-hydroxylation sites is 1. The van der Waals surface area contributed by atoms with Crippen LogP contribution in [-0.4, -0.2) is 32.3 Å². The lowest BCUT2D eigenvalue weighted by atomic mass is 10.2. The van der Waals surface area contributed by atoms with Crippen molar-refractivity contribution < 1.29 is 23.7 Å². The van der Waals surface area contributed by atoms with Gasteiger partial charge in [-0.25, -0.2) is 9.78 Å². The number of benzene rings is 2. The van der Waals surface area contributed by atoms with Crippen LogP contribution in [0.5, 0.6) is 17.2 Å². The molecule has 0 aliphatic carbocycles. The Bertz CT molecular complexity index is 1010. The molecule has 0 bridgehead atoms. The van der Waals surface area contributed by atoms with Gasteiger partial charge in [0.05, 0.1) is 32.6 Å². The molecule has 0 saturated carbocycles. The number of nitrogens with zero attached hydrogens (tertiary/aromatic N) is 1. The first-order chi connectivity index (χ1) is 14.1. The minimum absolute atomic E-state index is 0.0874. The van der Waals surface area contributed by atoms with Gasteiger partial charge in [-0.3, -0.25) is 0 Å². The van der Waals surface area contributed by atoms with Crippen molar-refractivity contribution in [1.82, 2.24) is 4.98 Å². The van der Waals surface area contributed by atoms with E-state index in [-0.39, 0.29) is 6.61 Å². The van der Waals surface area contributed by atoms with E-state index in [0.717, 1.165) is 21.9 Å². The second-order valence-corrected chi connectivity index (χ2v) is 6.76. The number of methoxy groups -OCH3 is 3. The molecule has 0 aliphatic heterocycles. The summed E-state index contributed by atoms with van der Waals surface area (Å²) in [6.07, 6.45) is 3.06. The predicted octanol–water partition coefficient (Wildman–Crippen LogP) is 4.59. The minimum Gasteiger partial charge on any atom is -0.497 e. The molecule has 0 unspecified atom stereocenters. The van der Waals surface area contributed by atoms with Gasteiger partial charge in [-0.2, -0.15) is 0 Å². The Morgan fingerprint density at radius 3 is 2.66 bits per heavy atom. The molecule has 150 valence electrons. The summed E-state index contributed by atoms with van der Waals surface area (Å²) in [7, 11) is 4.78. The Morgan fingerprint density at radius 2 is 1.90 bits per heavy atom. The van der Waals surface area contributed by atoms with Gasteiger partial charge < -0.3 is 18.9 Å². The second kappa shape index (κ2) is 9.75. The third-order valence-corrected chi connectivity index (χ3v) is 4.98. The fourth-order valence-corrected chi connectivity index (χ4v) is 3.48. The number of carbonyl (C=O) groups excluding carboxylic acids is 1. The first-order valence-electron chi connectivity index (χ1n) is 8.79. The van der Waals surface area contributed by atoms with Gasteiger partial charge in [0.15, 0.2) is 11.5 Å². The van der Waals surface area contributed by atoms with Crippen molar-refractivity contribution in [3.05, 3.63) is 65.2 Å². The first kappa shape index (κ1) is 20.4. The Balaban J connectivity index is 1.63. The maximum absolute atomic E-state index is 12.0. The van der Waals surface area contributed by atoms with Crippen molar-refractivity contribution in [2.45, 2.75) is 6.61 Å². The molecule has 0 fully saturated rings.